The highest BCUT2D eigenvalue weighted by molar-refractivity contribution is 6.44. The first-order chi connectivity index (χ1) is 4.86. The molecule has 0 spiro atoms. The summed E-state index contributed by atoms with van der Waals surface area (Å²) in [5.74, 6) is 0.125. The fourth-order valence-electron chi connectivity index (χ4n) is 0. The molecule has 0 unspecified atom stereocenters. The Hall–Kier alpha value is 0.590. The molecule has 0 rings (SSSR count). The molecule has 0 aliphatic heterocycles. The molecule has 0 fully saturated rings. The number of hydrogen-bond donors (Lipinski definition) is 0. The third-order valence-corrected chi connectivity index (χ3v) is 0.957. The average Bonchev–Trinajstić information content (AvgIpc) is 1.87. The van der Waals surface area contributed by atoms with E-state index < -0.39 is 17.7 Å². The highest BCUT2D eigenvalue weighted by atomic mass is 35.5. The van der Waals surface area contributed by atoms with Gasteiger partial charge in [0.1, 0.15) is 6.67 Å². The maximum atomic E-state index is 10.9. The summed E-state index contributed by atoms with van der Waals surface area (Å²) in [7, 11) is 0. The van der Waals surface area contributed by atoms with Crippen LogP contribution in [0.1, 0.15) is 0 Å². The predicted molar refractivity (Wildman–Crippen MR) is 38.2 cm³/mol. The molecule has 7 heteroatoms. The van der Waals surface area contributed by atoms with Crippen molar-refractivity contribution >= 4 is 34.8 Å². The van der Waals surface area contributed by atoms with Gasteiger partial charge in [-0.15, -0.1) is 11.6 Å². The first kappa shape index (κ1) is 14.1. The minimum Gasteiger partial charge on any atom is -0.250 e. The van der Waals surface area contributed by atoms with E-state index in [1.165, 1.54) is 0 Å². The zero-order chi connectivity index (χ0) is 9.49. The van der Waals surface area contributed by atoms with E-state index in [4.69, 9.17) is 11.6 Å². The summed E-state index contributed by atoms with van der Waals surface area (Å²) in [6, 6.07) is 0. The molecule has 0 aromatic rings. The van der Waals surface area contributed by atoms with Gasteiger partial charge >= 0.3 is 6.18 Å². The fraction of sp³-hybridized carbons (Fsp3) is 1.00. The van der Waals surface area contributed by atoms with E-state index in [-0.39, 0.29) is 5.88 Å². The van der Waals surface area contributed by atoms with Crippen LogP contribution in [0.5, 0.6) is 0 Å². The topological polar surface area (TPSA) is 0 Å². The van der Waals surface area contributed by atoms with Gasteiger partial charge in [0.25, 0.3) is 0 Å². The second-order valence-corrected chi connectivity index (χ2v) is 2.69. The van der Waals surface area contributed by atoms with Crippen molar-refractivity contribution in [1.29, 1.82) is 0 Å². The molecule has 0 radical (unpaired) electrons. The molecule has 0 aromatic heterocycles. The van der Waals surface area contributed by atoms with E-state index in [2.05, 4.69) is 23.2 Å². The van der Waals surface area contributed by atoms with Crippen LogP contribution in [0.3, 0.4) is 0 Å². The first-order valence-corrected chi connectivity index (χ1v) is 3.73. The molecule has 0 heterocycles. The summed E-state index contributed by atoms with van der Waals surface area (Å²) in [6.45, 7) is -0.415. The molecule has 0 nitrogen and oxygen atoms in total. The standard InChI is InChI=1S/C2HCl2F3.C2H4ClF/c3-1(4)2(5,6)7;3-1-2-4/h1H;1-2H2. The van der Waals surface area contributed by atoms with Gasteiger partial charge in [0.15, 0.2) is 0 Å². The smallest absolute Gasteiger partial charge is 0.250 e. The third-order valence-electron chi connectivity index (χ3n) is 0.319. The van der Waals surface area contributed by atoms with E-state index >= 15 is 0 Å². The van der Waals surface area contributed by atoms with Gasteiger partial charge in [-0.2, -0.15) is 13.2 Å². The van der Waals surface area contributed by atoms with Crippen LogP contribution in [0.2, 0.25) is 0 Å². The minimum absolute atomic E-state index is 0.125. The molecule has 0 aliphatic carbocycles. The maximum absolute atomic E-state index is 10.9. The minimum atomic E-state index is -4.47. The van der Waals surface area contributed by atoms with Gasteiger partial charge in [0.2, 0.25) is 4.84 Å². The fourth-order valence-corrected chi connectivity index (χ4v) is 0. The van der Waals surface area contributed by atoms with E-state index in [0.717, 1.165) is 0 Å². The van der Waals surface area contributed by atoms with E-state index in [0.29, 0.717) is 0 Å². The van der Waals surface area contributed by atoms with Gasteiger partial charge in [-0.05, 0) is 0 Å². The zero-order valence-electron chi connectivity index (χ0n) is 5.14. The van der Waals surface area contributed by atoms with Gasteiger partial charge < -0.3 is 0 Å². The van der Waals surface area contributed by atoms with E-state index in [9.17, 15) is 17.6 Å². The number of hydrogen-bond acceptors (Lipinski definition) is 0. The van der Waals surface area contributed by atoms with Crippen LogP contribution in [-0.2, 0) is 0 Å². The normalized spacial score (nSPS) is 10.9. The van der Waals surface area contributed by atoms with Crippen LogP contribution >= 0.6 is 34.8 Å². The lowest BCUT2D eigenvalue weighted by Crippen LogP contribution is -2.16. The quantitative estimate of drug-likeness (QED) is 0.482. The summed E-state index contributed by atoms with van der Waals surface area (Å²) in [5, 5.41) is 0. The van der Waals surface area contributed by atoms with Crippen molar-refractivity contribution in [3.8, 4) is 0 Å². The Kier molecular flexibility index (Phi) is 9.32. The summed E-state index contributed by atoms with van der Waals surface area (Å²) < 4.78 is 43.3. The highest BCUT2D eigenvalue weighted by Crippen LogP contribution is 2.26. The Bertz CT molecular complexity index is 79.9. The zero-order valence-corrected chi connectivity index (χ0v) is 7.41. The van der Waals surface area contributed by atoms with Crippen molar-refractivity contribution in [2.45, 2.75) is 11.0 Å². The molecule has 11 heavy (non-hydrogen) atoms. The van der Waals surface area contributed by atoms with Crippen LogP contribution in [0.15, 0.2) is 0 Å². The van der Waals surface area contributed by atoms with Crippen LogP contribution in [0.4, 0.5) is 17.6 Å². The van der Waals surface area contributed by atoms with Crippen molar-refractivity contribution < 1.29 is 17.6 Å². The Balaban J connectivity index is 0. The highest BCUT2D eigenvalue weighted by Gasteiger charge is 2.36. The van der Waals surface area contributed by atoms with Gasteiger partial charge in [0.05, 0.1) is 5.88 Å². The average molecular weight is 235 g/mol. The van der Waals surface area contributed by atoms with Crippen molar-refractivity contribution in [2.24, 2.45) is 0 Å². The molecular formula is C4H5Cl3F4. The molecule has 70 valence electrons. The Morgan fingerprint density at radius 1 is 1.18 bits per heavy atom. The SMILES string of the molecule is FC(F)(F)C(Cl)Cl.FCCCl. The van der Waals surface area contributed by atoms with E-state index in [1.807, 2.05) is 0 Å². The summed E-state index contributed by atoms with van der Waals surface area (Å²) in [5.41, 5.74) is 0. The summed E-state index contributed by atoms with van der Waals surface area (Å²) in [4.78, 5) is -2.26. The van der Waals surface area contributed by atoms with Gasteiger partial charge in [-0.3, -0.25) is 0 Å². The van der Waals surface area contributed by atoms with Crippen molar-refractivity contribution in [1.82, 2.24) is 0 Å². The third kappa shape index (κ3) is 13.6. The lowest BCUT2D eigenvalue weighted by Gasteiger charge is -2.03. The monoisotopic (exact) mass is 234 g/mol. The van der Waals surface area contributed by atoms with E-state index in [1.54, 1.807) is 0 Å². The lowest BCUT2D eigenvalue weighted by atomic mass is 10.8. The molecule has 0 bridgehead atoms. The molecule has 0 aromatic carbocycles. The summed E-state index contributed by atoms with van der Waals surface area (Å²) >= 11 is 13.6. The Morgan fingerprint density at radius 2 is 1.36 bits per heavy atom. The molecule has 0 atom stereocenters. The predicted octanol–water partition coefficient (Wildman–Crippen LogP) is 3.55. The molecule has 0 N–H and O–H groups in total. The van der Waals surface area contributed by atoms with Crippen molar-refractivity contribution in [2.75, 3.05) is 12.6 Å². The van der Waals surface area contributed by atoms with Crippen molar-refractivity contribution in [3.05, 3.63) is 0 Å². The molecule has 0 saturated carbocycles. The molecule has 0 aliphatic rings. The van der Waals surface area contributed by atoms with Crippen LogP contribution < -0.4 is 0 Å². The first-order valence-electron chi connectivity index (χ1n) is 2.33. The van der Waals surface area contributed by atoms with Crippen LogP contribution in [0, 0.1) is 0 Å². The summed E-state index contributed by atoms with van der Waals surface area (Å²) in [6.07, 6.45) is -4.47. The lowest BCUT2D eigenvalue weighted by molar-refractivity contribution is -0.115. The van der Waals surface area contributed by atoms with Crippen molar-refractivity contribution in [3.63, 3.8) is 0 Å². The molecule has 0 saturated heterocycles. The number of halogens is 7. The van der Waals surface area contributed by atoms with Gasteiger partial charge in [0, 0.05) is 0 Å². The van der Waals surface area contributed by atoms with Gasteiger partial charge in [-0.1, -0.05) is 23.2 Å². The number of alkyl halides is 7. The Morgan fingerprint density at radius 3 is 1.36 bits per heavy atom. The molecule has 0 amide bonds. The number of rotatable bonds is 1. The second-order valence-electron chi connectivity index (χ2n) is 1.22. The van der Waals surface area contributed by atoms with Crippen LogP contribution in [0.25, 0.3) is 0 Å². The molecular weight excluding hydrogens is 230 g/mol. The largest absolute Gasteiger partial charge is 0.418 e. The second kappa shape index (κ2) is 7.25. The van der Waals surface area contributed by atoms with Crippen LogP contribution in [-0.4, -0.2) is 23.6 Å². The Labute approximate surface area is 76.4 Å². The maximum Gasteiger partial charge on any atom is 0.418 e. The van der Waals surface area contributed by atoms with Gasteiger partial charge in [-0.25, -0.2) is 4.39 Å².